The van der Waals surface area contributed by atoms with E-state index in [-0.39, 0.29) is 6.23 Å². The fourth-order valence-corrected chi connectivity index (χ4v) is 0.204. The molecule has 6 heavy (non-hydrogen) atoms. The number of rotatable bonds is 2. The number of hydrogen-bond donors (Lipinski definition) is 2. The Morgan fingerprint density at radius 3 is 2.33 bits per heavy atom. The molecule has 0 radical (unpaired) electrons. The van der Waals surface area contributed by atoms with E-state index in [1.54, 1.807) is 7.05 Å². The summed E-state index contributed by atoms with van der Waals surface area (Å²) in [4.78, 5) is 0. The third-order valence-corrected chi connectivity index (χ3v) is 0.720. The van der Waals surface area contributed by atoms with Gasteiger partial charge in [-0.3, -0.25) is 5.32 Å². The Kier molecular flexibility index (Phi) is 3.08. The molecule has 0 heterocycles. The molecule has 38 valence electrons. The van der Waals surface area contributed by atoms with E-state index < -0.39 is 0 Å². The highest BCUT2D eigenvalue weighted by atomic mass is 16.3. The van der Waals surface area contributed by atoms with Gasteiger partial charge in [0.25, 0.3) is 0 Å². The van der Waals surface area contributed by atoms with Gasteiger partial charge >= 0.3 is 0 Å². The van der Waals surface area contributed by atoms with Crippen molar-refractivity contribution in [2.24, 2.45) is 0 Å². The lowest BCUT2D eigenvalue weighted by Crippen LogP contribution is -2.22. The van der Waals surface area contributed by atoms with E-state index in [1.807, 2.05) is 6.92 Å². The highest BCUT2D eigenvalue weighted by Gasteiger charge is 1.88. The molecule has 0 saturated carbocycles. The topological polar surface area (TPSA) is 32.3 Å². The van der Waals surface area contributed by atoms with Crippen LogP contribution in [0.2, 0.25) is 0 Å². The van der Waals surface area contributed by atoms with Crippen LogP contribution in [0.15, 0.2) is 0 Å². The van der Waals surface area contributed by atoms with Crippen molar-refractivity contribution in [3.05, 3.63) is 0 Å². The van der Waals surface area contributed by atoms with Crippen LogP contribution in [-0.4, -0.2) is 18.4 Å². The van der Waals surface area contributed by atoms with Crippen LogP contribution in [0.25, 0.3) is 0 Å². The highest BCUT2D eigenvalue weighted by Crippen LogP contribution is 1.77. The Bertz CT molecular complexity index is 26.7. The highest BCUT2D eigenvalue weighted by molar-refractivity contribution is 4.38. The predicted molar refractivity (Wildman–Crippen MR) is 25.4 cm³/mol. The molecule has 0 aromatic heterocycles. The quantitative estimate of drug-likeness (QED) is 0.464. The molecule has 0 aliphatic rings. The molecule has 1 atom stereocenters. The molecular formula is C4H11NO. The Morgan fingerprint density at radius 1 is 1.83 bits per heavy atom. The normalized spacial score (nSPS) is 14.5. The molecule has 0 amide bonds. The van der Waals surface area contributed by atoms with Gasteiger partial charge in [0.1, 0.15) is 6.23 Å². The van der Waals surface area contributed by atoms with Crippen LogP contribution in [0.1, 0.15) is 13.3 Å². The van der Waals surface area contributed by atoms with E-state index in [4.69, 9.17) is 5.11 Å². The van der Waals surface area contributed by atoms with Gasteiger partial charge in [0, 0.05) is 0 Å². The largest absolute Gasteiger partial charge is 0.379 e. The molecule has 0 spiro atoms. The van der Waals surface area contributed by atoms with E-state index >= 15 is 0 Å². The SMILES string of the molecule is CC[C@H](O)NC. The second-order valence-electron chi connectivity index (χ2n) is 1.21. The molecule has 2 nitrogen and oxygen atoms in total. The Balaban J connectivity index is 2.75. The van der Waals surface area contributed by atoms with Gasteiger partial charge < -0.3 is 5.11 Å². The van der Waals surface area contributed by atoms with Crippen molar-refractivity contribution < 1.29 is 5.11 Å². The van der Waals surface area contributed by atoms with Crippen LogP contribution in [0, 0.1) is 0 Å². The maximum absolute atomic E-state index is 8.56. The van der Waals surface area contributed by atoms with Gasteiger partial charge in [0.05, 0.1) is 0 Å². The molecule has 2 heteroatoms. The van der Waals surface area contributed by atoms with Gasteiger partial charge in [-0.1, -0.05) is 6.92 Å². The minimum absolute atomic E-state index is 0.315. The van der Waals surface area contributed by atoms with Crippen molar-refractivity contribution in [2.75, 3.05) is 7.05 Å². The average molecular weight is 89.1 g/mol. The number of aliphatic hydroxyl groups is 1. The average Bonchev–Trinajstić information content (AvgIpc) is 1.65. The van der Waals surface area contributed by atoms with Crippen molar-refractivity contribution in [1.29, 1.82) is 0 Å². The van der Waals surface area contributed by atoms with E-state index in [0.717, 1.165) is 6.42 Å². The van der Waals surface area contributed by atoms with Crippen LogP contribution in [0.5, 0.6) is 0 Å². The lowest BCUT2D eigenvalue weighted by atomic mass is 10.4. The lowest BCUT2D eigenvalue weighted by molar-refractivity contribution is 0.143. The van der Waals surface area contributed by atoms with Gasteiger partial charge in [-0.2, -0.15) is 0 Å². The van der Waals surface area contributed by atoms with Crippen LogP contribution in [-0.2, 0) is 0 Å². The van der Waals surface area contributed by atoms with Crippen molar-refractivity contribution in [2.45, 2.75) is 19.6 Å². The summed E-state index contributed by atoms with van der Waals surface area (Å²) in [6.07, 6.45) is 0.459. The minimum Gasteiger partial charge on any atom is -0.379 e. The fourth-order valence-electron chi connectivity index (χ4n) is 0.204. The molecule has 0 rings (SSSR count). The summed E-state index contributed by atoms with van der Waals surface area (Å²) in [6.45, 7) is 1.92. The summed E-state index contributed by atoms with van der Waals surface area (Å²) in [7, 11) is 1.73. The second kappa shape index (κ2) is 3.12. The van der Waals surface area contributed by atoms with Crippen molar-refractivity contribution in [3.8, 4) is 0 Å². The molecule has 0 unspecified atom stereocenters. The van der Waals surface area contributed by atoms with Crippen molar-refractivity contribution in [3.63, 3.8) is 0 Å². The summed E-state index contributed by atoms with van der Waals surface area (Å²) < 4.78 is 0. The molecule has 0 fully saturated rings. The summed E-state index contributed by atoms with van der Waals surface area (Å²) in [5.74, 6) is 0. The maximum Gasteiger partial charge on any atom is 0.104 e. The maximum atomic E-state index is 8.56. The van der Waals surface area contributed by atoms with Crippen molar-refractivity contribution >= 4 is 0 Å². The third-order valence-electron chi connectivity index (χ3n) is 0.720. The summed E-state index contributed by atoms with van der Waals surface area (Å²) in [6, 6.07) is 0. The smallest absolute Gasteiger partial charge is 0.104 e. The second-order valence-corrected chi connectivity index (χ2v) is 1.21. The molecule has 0 aromatic rings. The van der Waals surface area contributed by atoms with Crippen molar-refractivity contribution in [1.82, 2.24) is 5.32 Å². The zero-order valence-electron chi connectivity index (χ0n) is 4.23. The monoisotopic (exact) mass is 89.1 g/mol. The lowest BCUT2D eigenvalue weighted by Gasteiger charge is -2.01. The Labute approximate surface area is 38.2 Å². The molecule has 0 bridgehead atoms. The van der Waals surface area contributed by atoms with Gasteiger partial charge in [-0.15, -0.1) is 0 Å². The summed E-state index contributed by atoms with van der Waals surface area (Å²) >= 11 is 0. The summed E-state index contributed by atoms with van der Waals surface area (Å²) in [5.41, 5.74) is 0. The molecule has 0 aliphatic carbocycles. The number of aliphatic hydroxyl groups excluding tert-OH is 1. The first-order chi connectivity index (χ1) is 2.81. The zero-order valence-corrected chi connectivity index (χ0v) is 4.23. The molecule has 2 N–H and O–H groups in total. The first-order valence-electron chi connectivity index (χ1n) is 2.16. The zero-order chi connectivity index (χ0) is 4.99. The van der Waals surface area contributed by atoms with E-state index in [1.165, 1.54) is 0 Å². The van der Waals surface area contributed by atoms with Gasteiger partial charge in [0.15, 0.2) is 0 Å². The first kappa shape index (κ1) is 5.92. The molecular weight excluding hydrogens is 78.0 g/mol. The predicted octanol–water partition coefficient (Wildman–Crippen LogP) is -0.0658. The minimum atomic E-state index is -0.315. The van der Waals surface area contributed by atoms with E-state index in [0.29, 0.717) is 0 Å². The number of nitrogens with one attached hydrogen (secondary N) is 1. The van der Waals surface area contributed by atoms with Crippen LogP contribution >= 0.6 is 0 Å². The molecule has 0 aromatic carbocycles. The molecule has 0 saturated heterocycles. The van der Waals surface area contributed by atoms with Crippen LogP contribution in [0.4, 0.5) is 0 Å². The Hall–Kier alpha value is -0.0800. The van der Waals surface area contributed by atoms with E-state index in [9.17, 15) is 0 Å². The molecule has 0 aliphatic heterocycles. The number of hydrogen-bond acceptors (Lipinski definition) is 2. The van der Waals surface area contributed by atoms with Gasteiger partial charge in [0.2, 0.25) is 0 Å². The summed E-state index contributed by atoms with van der Waals surface area (Å²) in [5, 5.41) is 11.2. The van der Waals surface area contributed by atoms with E-state index in [2.05, 4.69) is 5.32 Å². The standard InChI is InChI=1S/C4H11NO/c1-3-4(6)5-2/h4-6H,3H2,1-2H3/t4-/m0/s1. The van der Waals surface area contributed by atoms with Crippen LogP contribution < -0.4 is 5.32 Å². The van der Waals surface area contributed by atoms with Crippen LogP contribution in [0.3, 0.4) is 0 Å². The third kappa shape index (κ3) is 2.18. The first-order valence-corrected chi connectivity index (χ1v) is 2.16. The fraction of sp³-hybridized carbons (Fsp3) is 1.00. The Morgan fingerprint density at radius 2 is 2.33 bits per heavy atom. The van der Waals surface area contributed by atoms with Gasteiger partial charge in [-0.05, 0) is 13.5 Å². The van der Waals surface area contributed by atoms with Gasteiger partial charge in [-0.25, -0.2) is 0 Å².